The maximum absolute atomic E-state index is 12.1. The topological polar surface area (TPSA) is 87.7 Å². The van der Waals surface area contributed by atoms with Crippen LogP contribution in [0.2, 0.25) is 0 Å². The van der Waals surface area contributed by atoms with Crippen LogP contribution in [0.3, 0.4) is 0 Å². The molecule has 2 aliphatic rings. The van der Waals surface area contributed by atoms with Crippen LogP contribution in [0, 0.1) is 0 Å². The van der Waals surface area contributed by atoms with Crippen molar-refractivity contribution in [2.45, 2.75) is 62.9 Å². The summed E-state index contributed by atoms with van der Waals surface area (Å²) in [6.07, 6.45) is 6.39. The molecule has 6 heteroatoms. The molecule has 1 saturated carbocycles. The average Bonchev–Trinajstić information content (AvgIpc) is 2.66. The molecule has 0 atom stereocenters. The Morgan fingerprint density at radius 2 is 1.65 bits per heavy atom. The first kappa shape index (κ1) is 15.1. The van der Waals surface area contributed by atoms with Crippen LogP contribution in [0.1, 0.15) is 51.4 Å². The van der Waals surface area contributed by atoms with Gasteiger partial charge >= 0.3 is 12.0 Å². The Bertz CT molecular complexity index is 345. The number of carbonyl (C=O) groups is 2. The van der Waals surface area contributed by atoms with E-state index in [1.807, 2.05) is 0 Å². The third-order valence-electron chi connectivity index (χ3n) is 4.28. The van der Waals surface area contributed by atoms with Crippen molar-refractivity contribution in [3.8, 4) is 0 Å². The van der Waals surface area contributed by atoms with Gasteiger partial charge in [-0.2, -0.15) is 0 Å². The van der Waals surface area contributed by atoms with Crippen molar-refractivity contribution in [3.05, 3.63) is 0 Å². The largest absolute Gasteiger partial charge is 0.480 e. The number of carboxylic acid groups (broad SMARTS) is 1. The summed E-state index contributed by atoms with van der Waals surface area (Å²) in [5.41, 5.74) is -1.09. The van der Waals surface area contributed by atoms with Crippen molar-refractivity contribution >= 4 is 12.0 Å². The zero-order chi connectivity index (χ0) is 14.4. The molecule has 2 fully saturated rings. The Morgan fingerprint density at radius 1 is 1.05 bits per heavy atom. The van der Waals surface area contributed by atoms with Crippen LogP contribution in [0.15, 0.2) is 0 Å². The van der Waals surface area contributed by atoms with E-state index in [-0.39, 0.29) is 12.1 Å². The molecular weight excluding hydrogens is 260 g/mol. The van der Waals surface area contributed by atoms with Crippen LogP contribution >= 0.6 is 0 Å². The van der Waals surface area contributed by atoms with E-state index in [2.05, 4.69) is 10.6 Å². The molecule has 0 radical (unpaired) electrons. The Balaban J connectivity index is 1.92. The highest BCUT2D eigenvalue weighted by Crippen LogP contribution is 2.27. The average molecular weight is 284 g/mol. The number of hydrogen-bond donors (Lipinski definition) is 3. The van der Waals surface area contributed by atoms with Crippen LogP contribution in [-0.2, 0) is 9.53 Å². The highest BCUT2D eigenvalue weighted by Gasteiger charge is 2.40. The van der Waals surface area contributed by atoms with Gasteiger partial charge in [0.2, 0.25) is 0 Å². The van der Waals surface area contributed by atoms with Crippen LogP contribution in [0.4, 0.5) is 4.79 Å². The number of amides is 2. The van der Waals surface area contributed by atoms with E-state index in [9.17, 15) is 14.7 Å². The van der Waals surface area contributed by atoms with Crippen molar-refractivity contribution in [1.29, 1.82) is 0 Å². The molecule has 2 amide bonds. The molecule has 0 spiro atoms. The summed E-state index contributed by atoms with van der Waals surface area (Å²) in [5.74, 6) is -0.915. The number of ether oxygens (including phenoxy) is 1. The van der Waals surface area contributed by atoms with Gasteiger partial charge in [-0.3, -0.25) is 0 Å². The van der Waals surface area contributed by atoms with Crippen LogP contribution < -0.4 is 10.6 Å². The maximum atomic E-state index is 12.1. The van der Waals surface area contributed by atoms with Crippen molar-refractivity contribution in [3.63, 3.8) is 0 Å². The minimum Gasteiger partial charge on any atom is -0.480 e. The second-order valence-corrected chi connectivity index (χ2v) is 5.79. The molecule has 1 heterocycles. The third-order valence-corrected chi connectivity index (χ3v) is 4.28. The molecule has 0 bridgehead atoms. The molecule has 2 rings (SSSR count). The van der Waals surface area contributed by atoms with E-state index in [0.717, 1.165) is 38.5 Å². The molecule has 0 unspecified atom stereocenters. The number of aliphatic carboxylic acids is 1. The van der Waals surface area contributed by atoms with Gasteiger partial charge in [0.05, 0.1) is 0 Å². The third kappa shape index (κ3) is 3.85. The number of carbonyl (C=O) groups excluding carboxylic acids is 1. The summed E-state index contributed by atoms with van der Waals surface area (Å²) < 4.78 is 5.24. The van der Waals surface area contributed by atoms with Crippen molar-refractivity contribution in [1.82, 2.24) is 10.6 Å². The highest BCUT2D eigenvalue weighted by atomic mass is 16.5. The minimum atomic E-state index is -1.09. The highest BCUT2D eigenvalue weighted by molar-refractivity contribution is 5.86. The zero-order valence-electron chi connectivity index (χ0n) is 11.8. The summed E-state index contributed by atoms with van der Waals surface area (Å²) in [6, 6.07) is -0.276. The standard InChI is InChI=1S/C14H24N2O4/c17-12(18)14(7-3-1-2-4-8-14)16-13(19)15-11-5-9-20-10-6-11/h11H,1-10H2,(H,17,18)(H2,15,16,19). The summed E-state index contributed by atoms with van der Waals surface area (Å²) in [5, 5.41) is 15.1. The van der Waals surface area contributed by atoms with E-state index in [1.165, 1.54) is 0 Å². The van der Waals surface area contributed by atoms with E-state index >= 15 is 0 Å². The van der Waals surface area contributed by atoms with E-state index in [0.29, 0.717) is 26.1 Å². The normalized spacial score (nSPS) is 23.6. The molecule has 0 aromatic rings. The predicted octanol–water partition coefficient (Wildman–Crippen LogP) is 1.64. The lowest BCUT2D eigenvalue weighted by molar-refractivity contribution is -0.145. The van der Waals surface area contributed by atoms with Gasteiger partial charge < -0.3 is 20.5 Å². The van der Waals surface area contributed by atoms with Crippen molar-refractivity contribution < 1.29 is 19.4 Å². The molecule has 1 saturated heterocycles. The monoisotopic (exact) mass is 284 g/mol. The Labute approximate surface area is 119 Å². The number of carboxylic acids is 1. The second kappa shape index (κ2) is 6.92. The number of rotatable bonds is 3. The van der Waals surface area contributed by atoms with Crippen LogP contribution in [0.5, 0.6) is 0 Å². The summed E-state index contributed by atoms with van der Waals surface area (Å²) in [4.78, 5) is 23.7. The smallest absolute Gasteiger partial charge is 0.329 e. The van der Waals surface area contributed by atoms with Crippen molar-refractivity contribution in [2.75, 3.05) is 13.2 Å². The van der Waals surface area contributed by atoms with Gasteiger partial charge in [-0.05, 0) is 25.7 Å². The van der Waals surface area contributed by atoms with Gasteiger partial charge in [0.15, 0.2) is 0 Å². The van der Waals surface area contributed by atoms with Gasteiger partial charge in [0, 0.05) is 19.3 Å². The molecule has 3 N–H and O–H groups in total. The molecule has 0 aromatic heterocycles. The molecule has 0 aromatic carbocycles. The Hall–Kier alpha value is -1.30. The zero-order valence-corrected chi connectivity index (χ0v) is 11.8. The van der Waals surface area contributed by atoms with Gasteiger partial charge in [-0.25, -0.2) is 9.59 Å². The lowest BCUT2D eigenvalue weighted by Gasteiger charge is -2.31. The first-order valence-corrected chi connectivity index (χ1v) is 7.52. The number of hydrogen-bond acceptors (Lipinski definition) is 3. The first-order valence-electron chi connectivity index (χ1n) is 7.52. The second-order valence-electron chi connectivity index (χ2n) is 5.79. The molecular formula is C14H24N2O4. The molecule has 1 aliphatic heterocycles. The summed E-state index contributed by atoms with van der Waals surface area (Å²) >= 11 is 0. The summed E-state index contributed by atoms with van der Waals surface area (Å²) in [7, 11) is 0. The minimum absolute atomic E-state index is 0.0837. The van der Waals surface area contributed by atoms with Crippen LogP contribution in [0.25, 0.3) is 0 Å². The summed E-state index contributed by atoms with van der Waals surface area (Å²) in [6.45, 7) is 1.30. The fourth-order valence-corrected chi connectivity index (χ4v) is 3.01. The van der Waals surface area contributed by atoms with E-state index in [4.69, 9.17) is 4.74 Å². The molecule has 20 heavy (non-hydrogen) atoms. The molecule has 114 valence electrons. The van der Waals surface area contributed by atoms with Gasteiger partial charge in [-0.1, -0.05) is 25.7 Å². The maximum Gasteiger partial charge on any atom is 0.329 e. The number of nitrogens with one attached hydrogen (secondary N) is 2. The first-order chi connectivity index (χ1) is 9.62. The molecule has 6 nitrogen and oxygen atoms in total. The fourth-order valence-electron chi connectivity index (χ4n) is 3.01. The van der Waals surface area contributed by atoms with Gasteiger partial charge in [0.25, 0.3) is 0 Å². The quantitative estimate of drug-likeness (QED) is 0.688. The van der Waals surface area contributed by atoms with E-state index < -0.39 is 11.5 Å². The SMILES string of the molecule is O=C(NC1CCOCC1)NC1(C(=O)O)CCCCCC1. The lowest BCUT2D eigenvalue weighted by atomic mass is 9.90. The lowest BCUT2D eigenvalue weighted by Crippen LogP contribution is -2.58. The van der Waals surface area contributed by atoms with Gasteiger partial charge in [0.1, 0.15) is 5.54 Å². The Kier molecular flexibility index (Phi) is 5.23. The molecule has 1 aliphatic carbocycles. The van der Waals surface area contributed by atoms with Crippen molar-refractivity contribution in [2.24, 2.45) is 0 Å². The van der Waals surface area contributed by atoms with Gasteiger partial charge in [-0.15, -0.1) is 0 Å². The predicted molar refractivity (Wildman–Crippen MR) is 73.6 cm³/mol. The fraction of sp³-hybridized carbons (Fsp3) is 0.857. The van der Waals surface area contributed by atoms with E-state index in [1.54, 1.807) is 0 Å². The Morgan fingerprint density at radius 3 is 2.20 bits per heavy atom. The van der Waals surface area contributed by atoms with Crippen LogP contribution in [-0.4, -0.2) is 41.9 Å². The number of urea groups is 1.